The van der Waals surface area contributed by atoms with E-state index in [0.29, 0.717) is 0 Å². The van der Waals surface area contributed by atoms with E-state index in [1.807, 2.05) is 0 Å². The molecule has 0 aliphatic carbocycles. The van der Waals surface area contributed by atoms with Gasteiger partial charge in [-0.25, -0.2) is 32.5 Å². The molecular formula is C28H30F3N9O7S. The van der Waals surface area contributed by atoms with E-state index >= 15 is 0 Å². The van der Waals surface area contributed by atoms with Crippen molar-refractivity contribution in [1.29, 1.82) is 0 Å². The summed E-state index contributed by atoms with van der Waals surface area (Å²) in [5.74, 6) is -4.31. The van der Waals surface area contributed by atoms with Crippen LogP contribution in [0.5, 0.6) is 0 Å². The number of aromatic nitrogens is 8. The summed E-state index contributed by atoms with van der Waals surface area (Å²) in [5, 5.41) is 51.1. The first kappa shape index (κ1) is 33.8. The average Bonchev–Trinajstić information content (AvgIpc) is 3.75. The van der Waals surface area contributed by atoms with Gasteiger partial charge in [0.05, 0.1) is 32.2 Å². The second-order valence-corrected chi connectivity index (χ2v) is 12.6. The molecule has 256 valence electrons. The molecule has 0 radical (unpaired) electrons. The summed E-state index contributed by atoms with van der Waals surface area (Å²) >= 11 is 1.23. The summed E-state index contributed by atoms with van der Waals surface area (Å²) in [6.07, 6.45) is 0.956. The number of ether oxygens (including phenoxy) is 3. The zero-order chi connectivity index (χ0) is 34.2. The number of nitrogens with zero attached hydrogens (tertiary/aromatic N) is 8. The van der Waals surface area contributed by atoms with Gasteiger partial charge in [-0.3, -0.25) is 4.79 Å². The minimum atomic E-state index is -1.65. The van der Waals surface area contributed by atoms with E-state index in [9.17, 15) is 33.3 Å². The Hall–Kier alpha value is -4.05. The molecule has 0 spiro atoms. The number of halogens is 3. The lowest BCUT2D eigenvalue weighted by Gasteiger charge is -2.45. The zero-order valence-electron chi connectivity index (χ0n) is 25.4. The number of benzene rings is 1. The fraction of sp³-hybridized carbons (Fsp3) is 0.464. The number of hydrogen-bond acceptors (Lipinski definition) is 14. The lowest BCUT2D eigenvalue weighted by atomic mass is 9.97. The molecular weight excluding hydrogens is 663 g/mol. The molecule has 2 saturated heterocycles. The monoisotopic (exact) mass is 693 g/mol. The van der Waals surface area contributed by atoms with E-state index in [1.54, 1.807) is 0 Å². The molecule has 2 aliphatic heterocycles. The van der Waals surface area contributed by atoms with Gasteiger partial charge >= 0.3 is 0 Å². The lowest BCUT2D eigenvalue weighted by Crippen LogP contribution is -2.56. The van der Waals surface area contributed by atoms with E-state index < -0.39 is 64.8 Å². The van der Waals surface area contributed by atoms with Gasteiger partial charge < -0.3 is 34.8 Å². The summed E-state index contributed by atoms with van der Waals surface area (Å²) in [7, 11) is 1.39. The number of hydrogen-bond donors (Lipinski definition) is 4. The van der Waals surface area contributed by atoms with Gasteiger partial charge in [0, 0.05) is 37.5 Å². The topological polar surface area (TPSA) is 205 Å². The molecule has 4 aromatic rings. The van der Waals surface area contributed by atoms with E-state index in [4.69, 9.17) is 14.2 Å². The Balaban J connectivity index is 1.21. The molecule has 1 aromatic carbocycles. The van der Waals surface area contributed by atoms with Gasteiger partial charge in [-0.05, 0) is 18.2 Å². The van der Waals surface area contributed by atoms with Gasteiger partial charge in [-0.2, -0.15) is 0 Å². The Morgan fingerprint density at radius 3 is 2.65 bits per heavy atom. The van der Waals surface area contributed by atoms with E-state index in [2.05, 4.69) is 35.9 Å². The third-order valence-corrected chi connectivity index (χ3v) is 9.15. The van der Waals surface area contributed by atoms with Crippen LogP contribution >= 0.6 is 11.8 Å². The maximum absolute atomic E-state index is 13.9. The molecule has 0 saturated carbocycles. The summed E-state index contributed by atoms with van der Waals surface area (Å²) in [6.45, 7) is 0.849. The predicted octanol–water partition coefficient (Wildman–Crippen LogP) is 0.871. The summed E-state index contributed by atoms with van der Waals surface area (Å²) in [4.78, 5) is 19.8. The highest BCUT2D eigenvalue weighted by Crippen LogP contribution is 2.41. The number of nitrogens with one attached hydrogen (secondary N) is 1. The van der Waals surface area contributed by atoms with Crippen molar-refractivity contribution in [2.24, 2.45) is 0 Å². The van der Waals surface area contributed by atoms with Crippen molar-refractivity contribution in [2.45, 2.75) is 54.1 Å². The van der Waals surface area contributed by atoms with Gasteiger partial charge in [0.1, 0.15) is 41.3 Å². The highest BCUT2D eigenvalue weighted by Gasteiger charge is 2.49. The molecule has 16 nitrogen and oxygen atoms in total. The zero-order valence-corrected chi connectivity index (χ0v) is 26.2. The van der Waals surface area contributed by atoms with Gasteiger partial charge in [0.2, 0.25) is 5.91 Å². The van der Waals surface area contributed by atoms with Crippen LogP contribution in [0.3, 0.4) is 0 Å². The molecule has 48 heavy (non-hydrogen) atoms. The highest BCUT2D eigenvalue weighted by atomic mass is 32.2. The number of carbonyl (C=O) groups is 1. The van der Waals surface area contributed by atoms with Crippen LogP contribution in [0.4, 0.5) is 19.0 Å². The van der Waals surface area contributed by atoms with Crippen LogP contribution in [0.2, 0.25) is 0 Å². The maximum atomic E-state index is 13.9. The van der Waals surface area contributed by atoms with Gasteiger partial charge in [0.15, 0.2) is 34.7 Å². The number of amides is 1. The molecule has 0 bridgehead atoms. The number of methoxy groups -OCH3 is 1. The Morgan fingerprint density at radius 1 is 1.19 bits per heavy atom. The number of thioether (sulfide) groups is 1. The number of aliphatic hydroxyl groups excluding tert-OH is 2. The average molecular weight is 694 g/mol. The molecule has 2 aliphatic rings. The second kappa shape index (κ2) is 13.8. The molecule has 3 aromatic heterocycles. The Bertz CT molecular complexity index is 1760. The van der Waals surface area contributed by atoms with Crippen LogP contribution < -0.4 is 5.32 Å². The van der Waals surface area contributed by atoms with Crippen molar-refractivity contribution in [2.75, 3.05) is 32.2 Å². The Kier molecular flexibility index (Phi) is 9.74. The number of carbonyl (C=O) groups excluding carboxylic acids is 1. The Morgan fingerprint density at radius 2 is 1.94 bits per heavy atom. The summed E-state index contributed by atoms with van der Waals surface area (Å²) in [5.41, 5.74) is -2.35. The van der Waals surface area contributed by atoms with Crippen LogP contribution in [0.15, 0.2) is 36.8 Å². The first-order chi connectivity index (χ1) is 23.0. The SMILES string of the molecule is COC1C(SC2COCC(O)(n3cc(-c4nccc(NC(C)=O)n4)nn3)C2)OC(CO)C(O)C1n1cc(-c2cc(F)c(F)c(F)c2)nn1. The summed E-state index contributed by atoms with van der Waals surface area (Å²) in [6, 6.07) is 2.06. The Labute approximate surface area is 274 Å². The van der Waals surface area contributed by atoms with Crippen molar-refractivity contribution in [3.05, 3.63) is 54.2 Å². The minimum absolute atomic E-state index is 0.00344. The van der Waals surface area contributed by atoms with Crippen LogP contribution in [-0.4, -0.2) is 117 Å². The molecule has 7 unspecified atom stereocenters. The predicted molar refractivity (Wildman–Crippen MR) is 159 cm³/mol. The summed E-state index contributed by atoms with van der Waals surface area (Å²) < 4.78 is 61.3. The van der Waals surface area contributed by atoms with E-state index in [-0.39, 0.29) is 54.1 Å². The van der Waals surface area contributed by atoms with Gasteiger partial charge in [-0.15, -0.1) is 22.0 Å². The van der Waals surface area contributed by atoms with Gasteiger partial charge in [0.25, 0.3) is 0 Å². The standard InChI is InChI=1S/C28H30F3N9O7S/c1-13(42)33-21-3-4-32-26(34-21)19-9-40(38-36-19)28(44)7-15(11-46-12-28)48-27-25(45-2)23(24(43)20(10-41)47-27)39-8-18(35-37-39)14-5-16(29)22(31)17(30)6-14/h3-6,8-9,15,20,23-25,27,41,43-44H,7,10-12H2,1-2H3,(H,32,33,34,42). The normalized spacial score (nSPS) is 27.6. The van der Waals surface area contributed by atoms with Crippen LogP contribution in [0.25, 0.3) is 22.8 Å². The highest BCUT2D eigenvalue weighted by molar-refractivity contribution is 8.00. The van der Waals surface area contributed by atoms with Crippen LogP contribution in [0, 0.1) is 17.5 Å². The van der Waals surface area contributed by atoms with Gasteiger partial charge in [-0.1, -0.05) is 10.4 Å². The fourth-order valence-electron chi connectivity index (χ4n) is 5.56. The quantitative estimate of drug-likeness (QED) is 0.180. The molecule has 4 N–H and O–H groups in total. The second-order valence-electron chi connectivity index (χ2n) is 11.2. The smallest absolute Gasteiger partial charge is 0.222 e. The first-order valence-corrected chi connectivity index (χ1v) is 15.5. The third kappa shape index (κ3) is 6.77. The number of rotatable bonds is 9. The van der Waals surface area contributed by atoms with Crippen molar-refractivity contribution in [1.82, 2.24) is 40.0 Å². The maximum Gasteiger partial charge on any atom is 0.222 e. The molecule has 7 atom stereocenters. The molecule has 20 heteroatoms. The fourth-order valence-corrected chi connectivity index (χ4v) is 7.11. The van der Waals surface area contributed by atoms with Crippen molar-refractivity contribution < 1.29 is 47.5 Å². The van der Waals surface area contributed by atoms with E-state index in [0.717, 1.165) is 12.1 Å². The first-order valence-electron chi connectivity index (χ1n) is 14.5. The van der Waals surface area contributed by atoms with Crippen molar-refractivity contribution >= 4 is 23.5 Å². The molecule has 5 heterocycles. The van der Waals surface area contributed by atoms with Crippen molar-refractivity contribution in [3.8, 4) is 22.8 Å². The number of anilines is 1. The molecule has 2 fully saturated rings. The third-order valence-electron chi connectivity index (χ3n) is 7.82. The largest absolute Gasteiger partial charge is 0.394 e. The lowest BCUT2D eigenvalue weighted by molar-refractivity contribution is -0.187. The minimum Gasteiger partial charge on any atom is -0.394 e. The van der Waals surface area contributed by atoms with Crippen LogP contribution in [0.1, 0.15) is 19.4 Å². The number of aliphatic hydroxyl groups is 3. The molecule has 1 amide bonds. The van der Waals surface area contributed by atoms with E-state index in [1.165, 1.54) is 59.8 Å². The molecule has 6 rings (SSSR count). The van der Waals surface area contributed by atoms with Crippen molar-refractivity contribution in [3.63, 3.8) is 0 Å². The van der Waals surface area contributed by atoms with Crippen LogP contribution in [-0.2, 0) is 24.7 Å².